The lowest BCUT2D eigenvalue weighted by molar-refractivity contribution is -0.123. The summed E-state index contributed by atoms with van der Waals surface area (Å²) in [6.45, 7) is 1.02. The quantitative estimate of drug-likeness (QED) is 0.790. The van der Waals surface area contributed by atoms with Crippen LogP contribution in [0.2, 0.25) is 0 Å². The Kier molecular flexibility index (Phi) is 4.23. The van der Waals surface area contributed by atoms with Crippen LogP contribution in [0.25, 0.3) is 17.1 Å². The predicted octanol–water partition coefficient (Wildman–Crippen LogP) is 2.11. The number of benzene rings is 2. The number of nitrogens with zero attached hydrogens (tertiary/aromatic N) is 3. The van der Waals surface area contributed by atoms with Gasteiger partial charge in [0.25, 0.3) is 5.91 Å². The second kappa shape index (κ2) is 6.84. The normalized spacial score (nSPS) is 14.2. The first kappa shape index (κ1) is 16.1. The van der Waals surface area contributed by atoms with Gasteiger partial charge in [0.1, 0.15) is 11.5 Å². The Labute approximate surface area is 151 Å². The average molecular weight is 346 g/mol. The highest BCUT2D eigenvalue weighted by Gasteiger charge is 2.25. The molecule has 1 fully saturated rings. The molecular weight excluding hydrogens is 328 g/mol. The SMILES string of the molecule is O=C1CN(C(=O)c2cn(-c3ccccc3)c(-c3ccccc3)n2)CCN1. The number of aromatic nitrogens is 2. The molecule has 0 bridgehead atoms. The molecule has 1 aromatic heterocycles. The van der Waals surface area contributed by atoms with E-state index in [-0.39, 0.29) is 18.4 Å². The Morgan fingerprint density at radius 3 is 2.38 bits per heavy atom. The fourth-order valence-electron chi connectivity index (χ4n) is 3.03. The van der Waals surface area contributed by atoms with Gasteiger partial charge in [-0.15, -0.1) is 0 Å². The largest absolute Gasteiger partial charge is 0.353 e. The Hall–Kier alpha value is -3.41. The lowest BCUT2D eigenvalue weighted by atomic mass is 10.2. The van der Waals surface area contributed by atoms with Gasteiger partial charge in [-0.3, -0.25) is 14.2 Å². The first-order valence-corrected chi connectivity index (χ1v) is 8.48. The summed E-state index contributed by atoms with van der Waals surface area (Å²) in [5.74, 6) is 0.323. The number of carbonyl (C=O) groups is 2. The van der Waals surface area contributed by atoms with Crippen molar-refractivity contribution in [2.75, 3.05) is 19.6 Å². The Morgan fingerprint density at radius 2 is 1.69 bits per heavy atom. The zero-order valence-electron chi connectivity index (χ0n) is 14.1. The van der Waals surface area contributed by atoms with E-state index in [2.05, 4.69) is 10.3 Å². The smallest absolute Gasteiger partial charge is 0.274 e. The van der Waals surface area contributed by atoms with Gasteiger partial charge in [0, 0.05) is 30.5 Å². The van der Waals surface area contributed by atoms with E-state index >= 15 is 0 Å². The van der Waals surface area contributed by atoms with Gasteiger partial charge in [-0.1, -0.05) is 48.5 Å². The predicted molar refractivity (Wildman–Crippen MR) is 97.9 cm³/mol. The van der Waals surface area contributed by atoms with E-state index in [9.17, 15) is 9.59 Å². The summed E-state index contributed by atoms with van der Waals surface area (Å²) in [6, 6.07) is 19.5. The molecule has 0 radical (unpaired) electrons. The van der Waals surface area contributed by atoms with Crippen LogP contribution < -0.4 is 5.32 Å². The number of imidazole rings is 1. The van der Waals surface area contributed by atoms with Crippen LogP contribution in [0.4, 0.5) is 0 Å². The molecule has 26 heavy (non-hydrogen) atoms. The molecule has 6 nitrogen and oxygen atoms in total. The van der Waals surface area contributed by atoms with Crippen molar-refractivity contribution in [1.82, 2.24) is 19.8 Å². The molecule has 2 amide bonds. The van der Waals surface area contributed by atoms with Gasteiger partial charge in [-0.2, -0.15) is 0 Å². The molecule has 0 unspecified atom stereocenters. The van der Waals surface area contributed by atoms with Crippen LogP contribution in [0.15, 0.2) is 66.9 Å². The second-order valence-corrected chi connectivity index (χ2v) is 6.10. The van der Waals surface area contributed by atoms with Crippen molar-refractivity contribution >= 4 is 11.8 Å². The molecule has 2 aromatic carbocycles. The third kappa shape index (κ3) is 3.09. The molecule has 1 saturated heterocycles. The van der Waals surface area contributed by atoms with Crippen molar-refractivity contribution in [2.45, 2.75) is 0 Å². The van der Waals surface area contributed by atoms with Crippen LogP contribution in [0.3, 0.4) is 0 Å². The fourth-order valence-corrected chi connectivity index (χ4v) is 3.03. The van der Waals surface area contributed by atoms with Gasteiger partial charge in [0.15, 0.2) is 0 Å². The van der Waals surface area contributed by atoms with Gasteiger partial charge < -0.3 is 10.2 Å². The minimum atomic E-state index is -0.230. The molecule has 4 rings (SSSR count). The fraction of sp³-hybridized carbons (Fsp3) is 0.150. The molecule has 1 aliphatic heterocycles. The Morgan fingerprint density at radius 1 is 1.00 bits per heavy atom. The highest BCUT2D eigenvalue weighted by atomic mass is 16.2. The summed E-state index contributed by atoms with van der Waals surface area (Å²) >= 11 is 0. The number of rotatable bonds is 3. The lowest BCUT2D eigenvalue weighted by Crippen LogP contribution is -2.50. The van der Waals surface area contributed by atoms with Gasteiger partial charge in [-0.05, 0) is 12.1 Å². The maximum absolute atomic E-state index is 12.8. The molecule has 0 saturated carbocycles. The van der Waals surface area contributed by atoms with Crippen LogP contribution in [-0.2, 0) is 4.79 Å². The number of piperazine rings is 1. The highest BCUT2D eigenvalue weighted by molar-refractivity contribution is 5.96. The maximum Gasteiger partial charge on any atom is 0.274 e. The topological polar surface area (TPSA) is 67.2 Å². The molecule has 1 aliphatic rings. The summed E-state index contributed by atoms with van der Waals surface area (Å²) in [5.41, 5.74) is 2.18. The first-order valence-electron chi connectivity index (χ1n) is 8.48. The average Bonchev–Trinajstić information content (AvgIpc) is 3.14. The van der Waals surface area contributed by atoms with Gasteiger partial charge in [0.2, 0.25) is 5.91 Å². The number of nitrogens with one attached hydrogen (secondary N) is 1. The van der Waals surface area contributed by atoms with Crippen molar-refractivity contribution in [3.8, 4) is 17.1 Å². The van der Waals surface area contributed by atoms with Gasteiger partial charge in [-0.25, -0.2) is 4.98 Å². The van der Waals surface area contributed by atoms with Crippen molar-refractivity contribution in [2.24, 2.45) is 0 Å². The Bertz CT molecular complexity index is 878. The van der Waals surface area contributed by atoms with Gasteiger partial charge >= 0.3 is 0 Å². The van der Waals surface area contributed by atoms with Crippen LogP contribution in [0, 0.1) is 0 Å². The molecular formula is C20H18N4O2. The van der Waals surface area contributed by atoms with Crippen LogP contribution >= 0.6 is 0 Å². The zero-order chi connectivity index (χ0) is 17.9. The summed E-state index contributed by atoms with van der Waals surface area (Å²) in [5, 5.41) is 2.73. The van der Waals surface area contributed by atoms with E-state index in [0.717, 1.165) is 11.3 Å². The van der Waals surface area contributed by atoms with E-state index in [1.54, 1.807) is 6.20 Å². The second-order valence-electron chi connectivity index (χ2n) is 6.10. The number of amides is 2. The summed E-state index contributed by atoms with van der Waals surface area (Å²) in [4.78, 5) is 30.6. The van der Waals surface area contributed by atoms with Crippen molar-refractivity contribution in [3.05, 3.63) is 72.6 Å². The molecule has 0 aliphatic carbocycles. The van der Waals surface area contributed by atoms with Crippen LogP contribution in [0.1, 0.15) is 10.5 Å². The van der Waals surface area contributed by atoms with E-state index in [1.807, 2.05) is 65.2 Å². The Balaban J connectivity index is 1.76. The summed E-state index contributed by atoms with van der Waals surface area (Å²) < 4.78 is 1.91. The highest BCUT2D eigenvalue weighted by Crippen LogP contribution is 2.23. The maximum atomic E-state index is 12.8. The van der Waals surface area contributed by atoms with E-state index in [1.165, 1.54) is 4.90 Å². The minimum absolute atomic E-state index is 0.0672. The summed E-state index contributed by atoms with van der Waals surface area (Å²) in [6.07, 6.45) is 1.74. The molecule has 0 spiro atoms. The molecule has 3 aromatic rings. The number of para-hydroxylation sites is 1. The third-order valence-corrected chi connectivity index (χ3v) is 4.32. The number of hydrogen-bond acceptors (Lipinski definition) is 3. The molecule has 0 atom stereocenters. The number of hydrogen-bond donors (Lipinski definition) is 1. The van der Waals surface area contributed by atoms with Crippen LogP contribution in [0.5, 0.6) is 0 Å². The number of carbonyl (C=O) groups excluding carboxylic acids is 2. The minimum Gasteiger partial charge on any atom is -0.353 e. The molecule has 130 valence electrons. The zero-order valence-corrected chi connectivity index (χ0v) is 14.1. The van der Waals surface area contributed by atoms with Gasteiger partial charge in [0.05, 0.1) is 6.54 Å². The van der Waals surface area contributed by atoms with Crippen molar-refractivity contribution < 1.29 is 9.59 Å². The standard InChI is InChI=1S/C20H18N4O2/c25-18-14-23(12-11-21-18)20(26)17-13-24(16-9-5-2-6-10-16)19(22-17)15-7-3-1-4-8-15/h1-10,13H,11-12,14H2,(H,21,25). The van der Waals surface area contributed by atoms with E-state index in [4.69, 9.17) is 0 Å². The van der Waals surface area contributed by atoms with E-state index in [0.29, 0.717) is 24.6 Å². The molecule has 2 heterocycles. The van der Waals surface area contributed by atoms with Crippen molar-refractivity contribution in [1.29, 1.82) is 0 Å². The summed E-state index contributed by atoms with van der Waals surface area (Å²) in [7, 11) is 0. The van der Waals surface area contributed by atoms with Crippen LogP contribution in [-0.4, -0.2) is 45.9 Å². The van der Waals surface area contributed by atoms with E-state index < -0.39 is 0 Å². The molecule has 1 N–H and O–H groups in total. The monoisotopic (exact) mass is 346 g/mol. The third-order valence-electron chi connectivity index (χ3n) is 4.32. The lowest BCUT2D eigenvalue weighted by Gasteiger charge is -2.25. The van der Waals surface area contributed by atoms with Crippen molar-refractivity contribution in [3.63, 3.8) is 0 Å². The first-order chi connectivity index (χ1) is 12.7. The molecule has 6 heteroatoms.